The Hall–Kier alpha value is 1.67. The summed E-state index contributed by atoms with van der Waals surface area (Å²) in [6.07, 6.45) is 0. The summed E-state index contributed by atoms with van der Waals surface area (Å²) in [7, 11) is 0. The van der Waals surface area contributed by atoms with Gasteiger partial charge in [-0.15, -0.1) is 0 Å². The molecule has 0 heterocycles. The van der Waals surface area contributed by atoms with Crippen molar-refractivity contribution in [3.63, 3.8) is 0 Å². The van der Waals surface area contributed by atoms with Crippen molar-refractivity contribution in [2.45, 2.75) is 10.5 Å². The molecule has 0 N–H and O–H groups in total. The first kappa shape index (κ1) is 15.9. The van der Waals surface area contributed by atoms with Gasteiger partial charge in [-0.05, 0) is 0 Å². The van der Waals surface area contributed by atoms with Crippen molar-refractivity contribution >= 4 is 0 Å². The molecule has 0 saturated carbocycles. The molecule has 0 saturated heterocycles. The molecule has 0 unspecified atom stereocenters. The van der Waals surface area contributed by atoms with E-state index in [1.54, 1.807) is 0 Å². The molecule has 32 valence electrons. The molecule has 0 aliphatic rings. The Balaban J connectivity index is -0.0000000200. The van der Waals surface area contributed by atoms with Gasteiger partial charge in [0.15, 0.2) is 0 Å². The molecule has 5 heavy (non-hydrogen) atoms. The van der Waals surface area contributed by atoms with Crippen molar-refractivity contribution in [1.82, 2.24) is 0 Å². The van der Waals surface area contributed by atoms with E-state index < -0.39 is 0 Å². The third-order valence-electron chi connectivity index (χ3n) is 0. The van der Waals surface area contributed by atoms with Crippen LogP contribution in [0.4, 0.5) is 0 Å². The quantitative estimate of drug-likeness (QED) is 0.371. The predicted molar refractivity (Wildman–Crippen MR) is 11.7 cm³/mol. The zero-order valence-corrected chi connectivity index (χ0v) is 7.99. The summed E-state index contributed by atoms with van der Waals surface area (Å²) in [4.78, 5) is 0. The molecular weight excluding hydrogens is 232 g/mol. The van der Waals surface area contributed by atoms with E-state index in [2.05, 4.69) is 10.5 Å². The number of hydrogen-bond donors (Lipinski definition) is 0. The Bertz CT molecular complexity index is 7.61. The van der Waals surface area contributed by atoms with Crippen molar-refractivity contribution in [3.8, 4) is 0 Å². The Morgan fingerprint density at radius 3 is 1.00 bits per heavy atom. The molecule has 0 amide bonds. The molecule has 0 aromatic carbocycles. The summed E-state index contributed by atoms with van der Waals surface area (Å²) in [6, 6.07) is 0. The van der Waals surface area contributed by atoms with E-state index in [-0.39, 0.29) is 34.0 Å². The first-order chi connectivity index (χ1) is 1.41. The van der Waals surface area contributed by atoms with Gasteiger partial charge in [-0.25, -0.2) is 0 Å². The van der Waals surface area contributed by atoms with E-state index in [0.29, 0.717) is 19.2 Å². The zero-order valence-electron chi connectivity index (χ0n) is 3.26. The second kappa shape index (κ2) is 17.3. The molecule has 0 spiro atoms. The van der Waals surface area contributed by atoms with Crippen LogP contribution in [0.2, 0.25) is 10.5 Å². The van der Waals surface area contributed by atoms with Gasteiger partial charge < -0.3 is 34.0 Å². The SMILES string of the molecule is [Br-].[Br-].[CH3][Ti+2][CH3]. The predicted octanol–water partition coefficient (Wildman–Crippen LogP) is -4.83. The molecule has 0 fully saturated rings. The third-order valence-corrected chi connectivity index (χ3v) is 0. The van der Waals surface area contributed by atoms with Crippen LogP contribution in [0.15, 0.2) is 0 Å². The first-order valence-electron chi connectivity index (χ1n) is 1.00. The van der Waals surface area contributed by atoms with Gasteiger partial charge in [0.2, 0.25) is 0 Å². The average Bonchev–Trinajstić information content (AvgIpc) is 0.918. The van der Waals surface area contributed by atoms with Gasteiger partial charge in [0.1, 0.15) is 0 Å². The Labute approximate surface area is 63.2 Å². The normalized spacial score (nSPS) is 2.00. The Kier molecular flexibility index (Phi) is 55.2. The minimum atomic E-state index is 0. The topological polar surface area (TPSA) is 0 Å². The maximum absolute atomic E-state index is 2.25. The number of hydrogen-bond acceptors (Lipinski definition) is 0. The van der Waals surface area contributed by atoms with Crippen molar-refractivity contribution in [3.05, 3.63) is 0 Å². The monoisotopic (exact) mass is 236 g/mol. The Morgan fingerprint density at radius 2 is 1.00 bits per heavy atom. The fourth-order valence-corrected chi connectivity index (χ4v) is 0. The van der Waals surface area contributed by atoms with Crippen LogP contribution in [-0.2, 0) is 19.2 Å². The van der Waals surface area contributed by atoms with E-state index >= 15 is 0 Å². The van der Waals surface area contributed by atoms with Gasteiger partial charge in [-0.3, -0.25) is 0 Å². The molecule has 0 rings (SSSR count). The average molecular weight is 238 g/mol. The molecule has 0 bridgehead atoms. The maximum atomic E-state index is 2.25. The fraction of sp³-hybridized carbons (Fsp3) is 1.00. The third kappa shape index (κ3) is 27.3. The van der Waals surface area contributed by atoms with E-state index in [4.69, 9.17) is 0 Å². The first-order valence-corrected chi connectivity index (χ1v) is 4.12. The van der Waals surface area contributed by atoms with E-state index in [1.807, 2.05) is 0 Å². The molecule has 0 aromatic rings. The Morgan fingerprint density at radius 1 is 1.00 bits per heavy atom. The van der Waals surface area contributed by atoms with Crippen LogP contribution < -0.4 is 34.0 Å². The van der Waals surface area contributed by atoms with Crippen LogP contribution in [0.3, 0.4) is 0 Å². The van der Waals surface area contributed by atoms with Gasteiger partial charge in [-0.2, -0.15) is 0 Å². The van der Waals surface area contributed by atoms with E-state index in [0.717, 1.165) is 0 Å². The summed E-state index contributed by atoms with van der Waals surface area (Å²) >= 11 is 0.500. The van der Waals surface area contributed by atoms with Crippen LogP contribution in [-0.4, -0.2) is 0 Å². The summed E-state index contributed by atoms with van der Waals surface area (Å²) in [6.45, 7) is 0. The summed E-state index contributed by atoms with van der Waals surface area (Å²) in [5.41, 5.74) is 0. The number of rotatable bonds is 0. The van der Waals surface area contributed by atoms with Crippen LogP contribution in [0.5, 0.6) is 0 Å². The molecule has 0 radical (unpaired) electrons. The van der Waals surface area contributed by atoms with Crippen molar-refractivity contribution in [2.75, 3.05) is 0 Å². The fourth-order valence-electron chi connectivity index (χ4n) is 0. The van der Waals surface area contributed by atoms with Crippen molar-refractivity contribution < 1.29 is 53.1 Å². The molecule has 0 aliphatic carbocycles. The summed E-state index contributed by atoms with van der Waals surface area (Å²) in [5, 5.41) is 4.50. The molecule has 0 aromatic heterocycles. The minimum absolute atomic E-state index is 0. The van der Waals surface area contributed by atoms with Crippen LogP contribution in [0.25, 0.3) is 0 Å². The van der Waals surface area contributed by atoms with Gasteiger partial charge in [-0.1, -0.05) is 0 Å². The molecule has 0 atom stereocenters. The van der Waals surface area contributed by atoms with Gasteiger partial charge in [0.25, 0.3) is 0 Å². The second-order valence-electron chi connectivity index (χ2n) is 0.500. The molecule has 0 aliphatic heterocycles. The summed E-state index contributed by atoms with van der Waals surface area (Å²) in [5.74, 6) is 0. The second-order valence-corrected chi connectivity index (χ2v) is 2.06. The molecule has 0 nitrogen and oxygen atoms in total. The van der Waals surface area contributed by atoms with E-state index in [9.17, 15) is 0 Å². The number of halogens is 2. The molecular formula is C2H6Br2Ti. The van der Waals surface area contributed by atoms with Crippen molar-refractivity contribution in [1.29, 1.82) is 0 Å². The van der Waals surface area contributed by atoms with Crippen molar-refractivity contribution in [2.24, 2.45) is 0 Å². The molecule has 3 heteroatoms. The van der Waals surface area contributed by atoms with Gasteiger partial charge >= 0.3 is 29.6 Å². The van der Waals surface area contributed by atoms with E-state index in [1.165, 1.54) is 0 Å². The van der Waals surface area contributed by atoms with Crippen LogP contribution in [0, 0.1) is 0 Å². The van der Waals surface area contributed by atoms with Crippen LogP contribution in [0.1, 0.15) is 0 Å². The van der Waals surface area contributed by atoms with Crippen LogP contribution >= 0.6 is 0 Å². The standard InChI is InChI=1S/2CH3.2BrH.Ti/h2*1H3;2*1H;/q;;;;+2/p-2. The zero-order chi connectivity index (χ0) is 2.71. The van der Waals surface area contributed by atoms with Gasteiger partial charge in [0, 0.05) is 0 Å². The summed E-state index contributed by atoms with van der Waals surface area (Å²) < 4.78 is 0. The van der Waals surface area contributed by atoms with Gasteiger partial charge in [0.05, 0.1) is 0 Å².